The van der Waals surface area contributed by atoms with Crippen molar-refractivity contribution in [2.75, 3.05) is 10.6 Å². The van der Waals surface area contributed by atoms with Crippen LogP contribution in [0.2, 0.25) is 0 Å². The molecule has 0 saturated heterocycles. The van der Waals surface area contributed by atoms with Crippen LogP contribution >= 0.6 is 0 Å². The number of carbonyl (C=O) groups is 1. The summed E-state index contributed by atoms with van der Waals surface area (Å²) in [4.78, 5) is 12.1. The van der Waals surface area contributed by atoms with E-state index in [0.29, 0.717) is 0 Å². The first kappa shape index (κ1) is 15.9. The summed E-state index contributed by atoms with van der Waals surface area (Å²) in [5, 5.41) is 5.28. The molecule has 0 aliphatic carbocycles. The summed E-state index contributed by atoms with van der Waals surface area (Å²) in [6, 6.07) is 8.52. The third-order valence-corrected chi connectivity index (χ3v) is 3.49. The van der Waals surface area contributed by atoms with Gasteiger partial charge in [-0.05, 0) is 56.2 Å². The molecule has 116 valence electrons. The summed E-state index contributed by atoms with van der Waals surface area (Å²) in [7, 11) is 0. The van der Waals surface area contributed by atoms with Crippen molar-refractivity contribution in [3.63, 3.8) is 0 Å². The second-order valence-electron chi connectivity index (χ2n) is 5.25. The molecule has 0 fully saturated rings. The lowest BCUT2D eigenvalue weighted by molar-refractivity contribution is -0.116. The maximum absolute atomic E-state index is 13.5. The van der Waals surface area contributed by atoms with E-state index in [9.17, 15) is 13.6 Å². The largest absolute Gasteiger partial charge is 0.374 e. The lowest BCUT2D eigenvalue weighted by Gasteiger charge is -2.16. The predicted octanol–water partition coefficient (Wildman–Crippen LogP) is 4.02. The lowest BCUT2D eigenvalue weighted by atomic mass is 10.1. The lowest BCUT2D eigenvalue weighted by Crippen LogP contribution is -2.32. The molecular formula is C17H18F2N2O. The highest BCUT2D eigenvalue weighted by molar-refractivity contribution is 5.96. The predicted molar refractivity (Wildman–Crippen MR) is 84.0 cm³/mol. The molecule has 3 nitrogen and oxygen atoms in total. The standard InChI is InChI=1S/C17H18F2N2O/c1-10-7-8-13(9-11(10)2)20-12(3)17(22)21-16-14(18)5-4-6-15(16)19/h4-9,12,20H,1-3H3,(H,21,22). The zero-order chi connectivity index (χ0) is 16.3. The van der Waals surface area contributed by atoms with Gasteiger partial charge in [-0.1, -0.05) is 12.1 Å². The molecule has 0 radical (unpaired) electrons. The zero-order valence-corrected chi connectivity index (χ0v) is 12.7. The Hall–Kier alpha value is -2.43. The molecule has 0 bridgehead atoms. The molecule has 2 rings (SSSR count). The van der Waals surface area contributed by atoms with Gasteiger partial charge in [-0.25, -0.2) is 8.78 Å². The summed E-state index contributed by atoms with van der Waals surface area (Å²) in [6.07, 6.45) is 0. The van der Waals surface area contributed by atoms with Crippen LogP contribution in [0.5, 0.6) is 0 Å². The van der Waals surface area contributed by atoms with E-state index >= 15 is 0 Å². The highest BCUT2D eigenvalue weighted by atomic mass is 19.1. The van der Waals surface area contributed by atoms with Crippen LogP contribution in [-0.2, 0) is 4.79 Å². The average molecular weight is 304 g/mol. The van der Waals surface area contributed by atoms with Gasteiger partial charge >= 0.3 is 0 Å². The Morgan fingerprint density at radius 2 is 1.68 bits per heavy atom. The van der Waals surface area contributed by atoms with E-state index in [1.165, 1.54) is 6.07 Å². The SMILES string of the molecule is Cc1ccc(NC(C)C(=O)Nc2c(F)cccc2F)cc1C. The van der Waals surface area contributed by atoms with Gasteiger partial charge < -0.3 is 10.6 Å². The van der Waals surface area contributed by atoms with E-state index < -0.39 is 29.3 Å². The molecule has 0 spiro atoms. The first-order valence-electron chi connectivity index (χ1n) is 6.97. The molecule has 0 aliphatic heterocycles. The second kappa shape index (κ2) is 6.56. The number of carbonyl (C=O) groups excluding carboxylic acids is 1. The van der Waals surface area contributed by atoms with E-state index in [1.54, 1.807) is 6.92 Å². The maximum Gasteiger partial charge on any atom is 0.246 e. The highest BCUT2D eigenvalue weighted by Crippen LogP contribution is 2.19. The van der Waals surface area contributed by atoms with Gasteiger partial charge in [0.15, 0.2) is 0 Å². The van der Waals surface area contributed by atoms with Crippen LogP contribution < -0.4 is 10.6 Å². The van der Waals surface area contributed by atoms with Gasteiger partial charge in [-0.2, -0.15) is 0 Å². The topological polar surface area (TPSA) is 41.1 Å². The van der Waals surface area contributed by atoms with Gasteiger partial charge in [0.25, 0.3) is 0 Å². The van der Waals surface area contributed by atoms with E-state index in [0.717, 1.165) is 28.9 Å². The Morgan fingerprint density at radius 3 is 2.27 bits per heavy atom. The Labute approximate surface area is 128 Å². The highest BCUT2D eigenvalue weighted by Gasteiger charge is 2.17. The molecule has 5 heteroatoms. The van der Waals surface area contributed by atoms with Gasteiger partial charge in [-0.15, -0.1) is 0 Å². The molecule has 0 aliphatic rings. The minimum atomic E-state index is -0.799. The molecule has 0 heterocycles. The summed E-state index contributed by atoms with van der Waals surface area (Å²) in [6.45, 7) is 5.60. The van der Waals surface area contributed by atoms with Crippen molar-refractivity contribution in [3.05, 3.63) is 59.2 Å². The van der Waals surface area contributed by atoms with E-state index in [2.05, 4.69) is 10.6 Å². The normalized spacial score (nSPS) is 11.9. The number of aryl methyl sites for hydroxylation is 2. The van der Waals surface area contributed by atoms with Crippen molar-refractivity contribution in [1.29, 1.82) is 0 Å². The molecule has 2 aromatic carbocycles. The number of amides is 1. The number of halogens is 2. The second-order valence-corrected chi connectivity index (χ2v) is 5.25. The summed E-state index contributed by atoms with van der Waals surface area (Å²) < 4.78 is 27.0. The number of rotatable bonds is 4. The quantitative estimate of drug-likeness (QED) is 0.895. The molecule has 1 atom stereocenters. The van der Waals surface area contributed by atoms with Gasteiger partial charge in [0.2, 0.25) is 5.91 Å². The monoisotopic (exact) mass is 304 g/mol. The van der Waals surface area contributed by atoms with Crippen molar-refractivity contribution >= 4 is 17.3 Å². The maximum atomic E-state index is 13.5. The Morgan fingerprint density at radius 1 is 1.05 bits per heavy atom. The fourth-order valence-corrected chi connectivity index (χ4v) is 2.00. The fraction of sp³-hybridized carbons (Fsp3) is 0.235. The van der Waals surface area contributed by atoms with Crippen LogP contribution in [0.15, 0.2) is 36.4 Å². The number of anilines is 2. The van der Waals surface area contributed by atoms with Crippen LogP contribution in [0.3, 0.4) is 0 Å². The smallest absolute Gasteiger partial charge is 0.246 e. The molecule has 0 saturated carbocycles. The first-order valence-corrected chi connectivity index (χ1v) is 6.97. The van der Waals surface area contributed by atoms with Crippen molar-refractivity contribution in [3.8, 4) is 0 Å². The van der Waals surface area contributed by atoms with Crippen molar-refractivity contribution < 1.29 is 13.6 Å². The van der Waals surface area contributed by atoms with Gasteiger partial charge in [0.1, 0.15) is 23.4 Å². The number of benzene rings is 2. The Bertz CT molecular complexity index is 681. The number of hydrogen-bond donors (Lipinski definition) is 2. The van der Waals surface area contributed by atoms with Crippen molar-refractivity contribution in [2.24, 2.45) is 0 Å². The van der Waals surface area contributed by atoms with Crippen molar-refractivity contribution in [1.82, 2.24) is 0 Å². The van der Waals surface area contributed by atoms with E-state index in [1.807, 2.05) is 32.0 Å². The third kappa shape index (κ3) is 3.61. The molecule has 2 N–H and O–H groups in total. The molecule has 2 aromatic rings. The average Bonchev–Trinajstić information content (AvgIpc) is 2.46. The van der Waals surface area contributed by atoms with Gasteiger partial charge in [0, 0.05) is 5.69 Å². The minimum Gasteiger partial charge on any atom is -0.374 e. The van der Waals surface area contributed by atoms with Gasteiger partial charge in [-0.3, -0.25) is 4.79 Å². The Kier molecular flexibility index (Phi) is 4.75. The van der Waals surface area contributed by atoms with Gasteiger partial charge in [0.05, 0.1) is 0 Å². The van der Waals surface area contributed by atoms with E-state index in [4.69, 9.17) is 0 Å². The molecule has 1 amide bonds. The molecular weight excluding hydrogens is 286 g/mol. The molecule has 1 unspecified atom stereocenters. The number of nitrogens with one attached hydrogen (secondary N) is 2. The van der Waals surface area contributed by atoms with E-state index in [-0.39, 0.29) is 0 Å². The number of hydrogen-bond acceptors (Lipinski definition) is 2. The summed E-state index contributed by atoms with van der Waals surface area (Å²) in [5.74, 6) is -2.11. The number of para-hydroxylation sites is 1. The molecule has 22 heavy (non-hydrogen) atoms. The summed E-state index contributed by atoms with van der Waals surface area (Å²) in [5.41, 5.74) is 2.59. The first-order chi connectivity index (χ1) is 10.4. The Balaban J connectivity index is 2.07. The van der Waals surface area contributed by atoms with Crippen LogP contribution in [0.25, 0.3) is 0 Å². The third-order valence-electron chi connectivity index (χ3n) is 3.49. The summed E-state index contributed by atoms with van der Waals surface area (Å²) >= 11 is 0. The zero-order valence-electron chi connectivity index (χ0n) is 12.7. The van der Waals surface area contributed by atoms with Crippen molar-refractivity contribution in [2.45, 2.75) is 26.8 Å². The minimum absolute atomic E-state index is 0.429. The molecule has 0 aromatic heterocycles. The van der Waals surface area contributed by atoms with Crippen LogP contribution in [0, 0.1) is 25.5 Å². The fourth-order valence-electron chi connectivity index (χ4n) is 2.00. The van der Waals surface area contributed by atoms with Crippen LogP contribution in [-0.4, -0.2) is 11.9 Å². The van der Waals surface area contributed by atoms with Crippen LogP contribution in [0.1, 0.15) is 18.1 Å². The van der Waals surface area contributed by atoms with Crippen LogP contribution in [0.4, 0.5) is 20.2 Å².